The van der Waals surface area contributed by atoms with Crippen molar-refractivity contribution in [3.63, 3.8) is 0 Å². The van der Waals surface area contributed by atoms with Gasteiger partial charge in [-0.25, -0.2) is 9.37 Å². The average molecular weight is 402 g/mol. The highest BCUT2D eigenvalue weighted by atomic mass is 35.5. The Labute approximate surface area is 158 Å². The first-order valence-electron chi connectivity index (χ1n) is 8.28. The van der Waals surface area contributed by atoms with Gasteiger partial charge in [0, 0.05) is 30.4 Å². The topological polar surface area (TPSA) is 45.2 Å². The number of hydrogen-bond donors (Lipinski definition) is 1. The molecular weight excluding hydrogens is 386 g/mol. The van der Waals surface area contributed by atoms with E-state index in [1.165, 1.54) is 18.2 Å². The summed E-state index contributed by atoms with van der Waals surface area (Å²) >= 11 is 5.81. The Hall–Kier alpha value is -2.35. The zero-order chi connectivity index (χ0) is 19.6. The number of aromatic nitrogens is 1. The molecule has 1 amide bonds. The van der Waals surface area contributed by atoms with Crippen LogP contribution in [0.3, 0.4) is 0 Å². The second-order valence-electron chi connectivity index (χ2n) is 6.29. The minimum absolute atomic E-state index is 0.146. The third kappa shape index (κ3) is 4.68. The fraction of sp³-hybridized carbons (Fsp3) is 0.333. The van der Waals surface area contributed by atoms with Gasteiger partial charge in [-0.1, -0.05) is 11.6 Å². The second kappa shape index (κ2) is 7.72. The molecule has 144 valence electrons. The SMILES string of the molecule is O=C(N[C@@H]1CCCN(c2ccc(C(F)(F)F)cn2)C1)c1cc(Cl)ccc1F. The number of nitrogens with zero attached hydrogens (tertiary/aromatic N) is 2. The van der Waals surface area contributed by atoms with Crippen LogP contribution in [0.15, 0.2) is 36.5 Å². The lowest BCUT2D eigenvalue weighted by atomic mass is 10.0. The number of carbonyl (C=O) groups is 1. The number of carbonyl (C=O) groups excluding carboxylic acids is 1. The summed E-state index contributed by atoms with van der Waals surface area (Å²) in [5, 5.41) is 3.00. The van der Waals surface area contributed by atoms with Gasteiger partial charge in [-0.05, 0) is 43.2 Å². The number of benzene rings is 1. The van der Waals surface area contributed by atoms with E-state index in [1.807, 2.05) is 0 Å². The van der Waals surface area contributed by atoms with Crippen LogP contribution in [0.25, 0.3) is 0 Å². The Kier molecular flexibility index (Phi) is 5.55. The quantitative estimate of drug-likeness (QED) is 0.780. The molecule has 0 spiro atoms. The first-order chi connectivity index (χ1) is 12.7. The van der Waals surface area contributed by atoms with Gasteiger partial charge in [-0.15, -0.1) is 0 Å². The van der Waals surface area contributed by atoms with Crippen molar-refractivity contribution in [1.29, 1.82) is 0 Å². The number of hydrogen-bond acceptors (Lipinski definition) is 3. The van der Waals surface area contributed by atoms with Crippen LogP contribution >= 0.6 is 11.6 Å². The lowest BCUT2D eigenvalue weighted by Crippen LogP contribution is -2.48. The van der Waals surface area contributed by atoms with Crippen molar-refractivity contribution in [3.8, 4) is 0 Å². The number of rotatable bonds is 3. The summed E-state index contributed by atoms with van der Waals surface area (Å²) in [6, 6.07) is 5.73. The molecule has 2 heterocycles. The molecule has 0 radical (unpaired) electrons. The standard InChI is InChI=1S/C18H16ClF4N3O/c19-12-4-5-15(20)14(8-12)17(27)25-13-2-1-7-26(10-13)16-6-3-11(9-24-16)18(21,22)23/h3-6,8-9,13H,1-2,7,10H2,(H,25,27)/t13-/m1/s1. The lowest BCUT2D eigenvalue weighted by Gasteiger charge is -2.34. The van der Waals surface area contributed by atoms with Crippen molar-refractivity contribution in [2.45, 2.75) is 25.1 Å². The highest BCUT2D eigenvalue weighted by Crippen LogP contribution is 2.29. The van der Waals surface area contributed by atoms with E-state index in [-0.39, 0.29) is 16.6 Å². The number of nitrogens with one attached hydrogen (secondary N) is 1. The number of alkyl halides is 3. The minimum atomic E-state index is -4.44. The summed E-state index contributed by atoms with van der Waals surface area (Å²) in [4.78, 5) is 18.0. The number of pyridine rings is 1. The Morgan fingerprint density at radius 1 is 1.26 bits per heavy atom. The maximum atomic E-state index is 13.8. The zero-order valence-corrected chi connectivity index (χ0v) is 14.8. The van der Waals surface area contributed by atoms with Crippen LogP contribution in [0.4, 0.5) is 23.4 Å². The predicted molar refractivity (Wildman–Crippen MR) is 93.4 cm³/mol. The van der Waals surface area contributed by atoms with Gasteiger partial charge in [0.2, 0.25) is 0 Å². The van der Waals surface area contributed by atoms with Crippen LogP contribution in [0.2, 0.25) is 5.02 Å². The molecule has 27 heavy (non-hydrogen) atoms. The summed E-state index contributed by atoms with van der Waals surface area (Å²) in [6.45, 7) is 0.975. The molecule has 0 unspecified atom stereocenters. The van der Waals surface area contributed by atoms with Crippen molar-refractivity contribution in [2.24, 2.45) is 0 Å². The summed E-state index contributed by atoms with van der Waals surface area (Å²) < 4.78 is 51.8. The largest absolute Gasteiger partial charge is 0.417 e. The van der Waals surface area contributed by atoms with Gasteiger partial charge >= 0.3 is 6.18 Å². The van der Waals surface area contributed by atoms with Crippen LogP contribution < -0.4 is 10.2 Å². The van der Waals surface area contributed by atoms with Crippen LogP contribution in [0.5, 0.6) is 0 Å². The number of piperidine rings is 1. The van der Waals surface area contributed by atoms with Gasteiger partial charge in [0.25, 0.3) is 5.91 Å². The van der Waals surface area contributed by atoms with Crippen molar-refractivity contribution in [1.82, 2.24) is 10.3 Å². The molecule has 1 aliphatic heterocycles. The molecule has 2 aromatic rings. The lowest BCUT2D eigenvalue weighted by molar-refractivity contribution is -0.137. The maximum Gasteiger partial charge on any atom is 0.417 e. The van der Waals surface area contributed by atoms with Crippen molar-refractivity contribution >= 4 is 23.3 Å². The molecule has 0 bridgehead atoms. The molecule has 0 aliphatic carbocycles. The van der Waals surface area contributed by atoms with Gasteiger partial charge < -0.3 is 10.2 Å². The molecular formula is C18H16ClF4N3O. The van der Waals surface area contributed by atoms with Gasteiger partial charge in [0.05, 0.1) is 11.1 Å². The van der Waals surface area contributed by atoms with Crippen molar-refractivity contribution in [2.75, 3.05) is 18.0 Å². The second-order valence-corrected chi connectivity index (χ2v) is 6.72. The van der Waals surface area contributed by atoms with E-state index >= 15 is 0 Å². The van der Waals surface area contributed by atoms with E-state index < -0.39 is 23.5 Å². The van der Waals surface area contributed by atoms with Crippen LogP contribution in [-0.4, -0.2) is 30.0 Å². The van der Waals surface area contributed by atoms with Gasteiger partial charge in [-0.2, -0.15) is 13.2 Å². The third-order valence-corrected chi connectivity index (χ3v) is 4.56. The fourth-order valence-electron chi connectivity index (χ4n) is 2.98. The molecule has 1 aromatic carbocycles. The number of halogens is 5. The molecule has 1 aliphatic rings. The first kappa shape index (κ1) is 19.4. The van der Waals surface area contributed by atoms with E-state index in [9.17, 15) is 22.4 Å². The Bertz CT molecular complexity index is 826. The molecule has 4 nitrogen and oxygen atoms in total. The van der Waals surface area contributed by atoms with Crippen molar-refractivity contribution < 1.29 is 22.4 Å². The Morgan fingerprint density at radius 2 is 2.04 bits per heavy atom. The maximum absolute atomic E-state index is 13.8. The molecule has 0 saturated carbocycles. The zero-order valence-electron chi connectivity index (χ0n) is 14.1. The summed E-state index contributed by atoms with van der Waals surface area (Å²) in [5.41, 5.74) is -0.961. The summed E-state index contributed by atoms with van der Waals surface area (Å²) in [7, 11) is 0. The monoisotopic (exact) mass is 401 g/mol. The Balaban J connectivity index is 1.67. The minimum Gasteiger partial charge on any atom is -0.355 e. The van der Waals surface area contributed by atoms with E-state index in [0.717, 1.165) is 18.3 Å². The molecule has 3 rings (SSSR count). The third-order valence-electron chi connectivity index (χ3n) is 4.33. The van der Waals surface area contributed by atoms with Crippen LogP contribution in [0.1, 0.15) is 28.8 Å². The normalized spacial score (nSPS) is 17.7. The van der Waals surface area contributed by atoms with E-state index in [1.54, 1.807) is 4.90 Å². The van der Waals surface area contributed by atoms with Gasteiger partial charge in [0.1, 0.15) is 11.6 Å². The molecule has 1 atom stereocenters. The van der Waals surface area contributed by atoms with Crippen molar-refractivity contribution in [3.05, 3.63) is 58.5 Å². The van der Waals surface area contributed by atoms with Crippen LogP contribution in [0, 0.1) is 5.82 Å². The van der Waals surface area contributed by atoms with E-state index in [2.05, 4.69) is 10.3 Å². The average Bonchev–Trinajstić information content (AvgIpc) is 2.63. The predicted octanol–water partition coefficient (Wildman–Crippen LogP) is 4.29. The van der Waals surface area contributed by atoms with E-state index in [4.69, 9.17) is 11.6 Å². The van der Waals surface area contributed by atoms with Crippen LogP contribution in [-0.2, 0) is 6.18 Å². The highest BCUT2D eigenvalue weighted by Gasteiger charge is 2.31. The van der Waals surface area contributed by atoms with Gasteiger partial charge in [-0.3, -0.25) is 4.79 Å². The molecule has 1 N–H and O–H groups in total. The first-order valence-corrected chi connectivity index (χ1v) is 8.66. The van der Waals surface area contributed by atoms with Gasteiger partial charge in [0.15, 0.2) is 0 Å². The summed E-state index contributed by atoms with van der Waals surface area (Å²) in [6.07, 6.45) is -2.26. The highest BCUT2D eigenvalue weighted by molar-refractivity contribution is 6.31. The molecule has 1 saturated heterocycles. The molecule has 1 fully saturated rings. The van der Waals surface area contributed by atoms with E-state index in [0.29, 0.717) is 31.7 Å². The smallest absolute Gasteiger partial charge is 0.355 e. The summed E-state index contributed by atoms with van der Waals surface area (Å²) in [5.74, 6) is -0.855. The number of anilines is 1. The fourth-order valence-corrected chi connectivity index (χ4v) is 3.15. The Morgan fingerprint density at radius 3 is 2.70 bits per heavy atom. The molecule has 9 heteroatoms. The molecule has 1 aromatic heterocycles. The number of amides is 1.